The summed E-state index contributed by atoms with van der Waals surface area (Å²) in [4.78, 5) is 73.4. The Hall–Kier alpha value is -6.36. The van der Waals surface area contributed by atoms with Crippen molar-refractivity contribution >= 4 is 51.9 Å². The number of fused-ring (bicyclic) bond motifs is 3. The SMILES string of the molecule is CC1(C)C(NC(=O)c2ccc(NCCNc3ccc4c(c3)C(=O)N(C3CCC(=O)NC3=O)C4=O)nc2)C2(C)c3ccnc4c(C#N)ccc(c34)O[C@@H]12. The van der Waals surface area contributed by atoms with E-state index >= 15 is 0 Å². The number of amides is 5. The molecule has 3 aliphatic heterocycles. The molecule has 4 aromatic rings. The highest BCUT2D eigenvalue weighted by molar-refractivity contribution is 6.23. The Balaban J connectivity index is 0.886. The maximum absolute atomic E-state index is 13.6. The van der Waals surface area contributed by atoms with Gasteiger partial charge in [-0.1, -0.05) is 13.8 Å². The Bertz CT molecular complexity index is 2280. The van der Waals surface area contributed by atoms with Gasteiger partial charge in [0.1, 0.15) is 29.8 Å². The van der Waals surface area contributed by atoms with Crippen molar-refractivity contribution in [1.82, 2.24) is 25.5 Å². The van der Waals surface area contributed by atoms with E-state index in [1.54, 1.807) is 42.6 Å². The number of piperidine rings is 1. The zero-order valence-corrected chi connectivity index (χ0v) is 28.6. The number of hydrogen-bond acceptors (Lipinski definition) is 11. The summed E-state index contributed by atoms with van der Waals surface area (Å²) in [5.74, 6) is -1.21. The summed E-state index contributed by atoms with van der Waals surface area (Å²) in [6, 6.07) is 14.7. The van der Waals surface area contributed by atoms with Gasteiger partial charge in [-0.25, -0.2) is 4.98 Å². The van der Waals surface area contributed by atoms with Crippen molar-refractivity contribution in [3.63, 3.8) is 0 Å². The molecule has 4 N–H and O–H groups in total. The van der Waals surface area contributed by atoms with Crippen molar-refractivity contribution in [2.24, 2.45) is 5.41 Å². The van der Waals surface area contributed by atoms with Crippen LogP contribution in [0.15, 0.2) is 60.9 Å². The number of imide groups is 2. The standard InChI is InChI=1S/C38H34N8O6/c1-37(2)35(38(3)24-12-13-42-30-19(17-39)4-9-26(29(24)30)52-36(37)38)45-31(48)20-5-10-27(43-18-20)41-15-14-40-21-6-7-22-23(16-21)34(51)46(33(22)50)25-8-11-28(47)44-32(25)49/h4-7,9-10,12-13,16,18,25,35-36,40H,8,11,14-15H2,1-3H3,(H,41,43)(H,45,48)(H,44,47,49)/t25?,35?,36-,38?/m0/s1. The number of rotatable bonds is 8. The average Bonchev–Trinajstić information content (AvgIpc) is 3.38. The first-order valence-electron chi connectivity index (χ1n) is 17.0. The van der Waals surface area contributed by atoms with E-state index in [9.17, 15) is 29.2 Å². The molecule has 3 unspecified atom stereocenters. The number of ether oxygens (including phenoxy) is 1. The van der Waals surface area contributed by atoms with Crippen LogP contribution in [-0.4, -0.2) is 75.7 Å². The molecule has 8 rings (SSSR count). The lowest BCUT2D eigenvalue weighted by Gasteiger charge is -2.66. The van der Waals surface area contributed by atoms with Gasteiger partial charge in [0.15, 0.2) is 0 Å². The first kappa shape index (κ1) is 32.8. The van der Waals surface area contributed by atoms with Crippen molar-refractivity contribution in [3.05, 3.63) is 88.7 Å². The maximum atomic E-state index is 13.6. The topological polar surface area (TPSA) is 196 Å². The quantitative estimate of drug-likeness (QED) is 0.156. The molecule has 2 aromatic heterocycles. The highest BCUT2D eigenvalue weighted by Gasteiger charge is 2.69. The Morgan fingerprint density at radius 2 is 1.79 bits per heavy atom. The summed E-state index contributed by atoms with van der Waals surface area (Å²) >= 11 is 0. The second-order valence-corrected chi connectivity index (χ2v) is 14.3. The van der Waals surface area contributed by atoms with E-state index in [0.29, 0.717) is 47.0 Å². The second-order valence-electron chi connectivity index (χ2n) is 14.3. The van der Waals surface area contributed by atoms with Gasteiger partial charge in [-0.2, -0.15) is 5.26 Å². The number of carbonyl (C=O) groups is 5. The van der Waals surface area contributed by atoms with E-state index in [4.69, 9.17) is 4.74 Å². The molecule has 14 nitrogen and oxygen atoms in total. The third kappa shape index (κ3) is 4.87. The molecule has 1 saturated heterocycles. The van der Waals surface area contributed by atoms with Gasteiger partial charge < -0.3 is 20.7 Å². The molecule has 0 bridgehead atoms. The fourth-order valence-electron chi connectivity index (χ4n) is 8.49. The maximum Gasteiger partial charge on any atom is 0.262 e. The molecule has 52 heavy (non-hydrogen) atoms. The normalized spacial score (nSPS) is 23.8. The Morgan fingerprint density at radius 3 is 2.54 bits per heavy atom. The number of benzene rings is 2. The van der Waals surface area contributed by atoms with E-state index in [1.165, 1.54) is 6.20 Å². The number of aromatic nitrogens is 2. The lowest BCUT2D eigenvalue weighted by molar-refractivity contribution is -0.136. The van der Waals surface area contributed by atoms with Crippen LogP contribution in [0.3, 0.4) is 0 Å². The van der Waals surface area contributed by atoms with E-state index in [-0.39, 0.29) is 42.0 Å². The summed E-state index contributed by atoms with van der Waals surface area (Å²) in [5, 5.41) is 22.3. The lowest BCUT2D eigenvalue weighted by Crippen LogP contribution is -2.78. The van der Waals surface area contributed by atoms with Crippen molar-refractivity contribution < 1.29 is 28.7 Å². The molecule has 4 atom stereocenters. The van der Waals surface area contributed by atoms with Gasteiger partial charge in [-0.15, -0.1) is 0 Å². The van der Waals surface area contributed by atoms with Gasteiger partial charge >= 0.3 is 0 Å². The van der Waals surface area contributed by atoms with Gasteiger partial charge in [0.25, 0.3) is 17.7 Å². The zero-order chi connectivity index (χ0) is 36.5. The zero-order valence-electron chi connectivity index (χ0n) is 28.6. The summed E-state index contributed by atoms with van der Waals surface area (Å²) in [6.07, 6.45) is 3.17. The van der Waals surface area contributed by atoms with Crippen molar-refractivity contribution in [1.29, 1.82) is 5.26 Å². The van der Waals surface area contributed by atoms with E-state index in [2.05, 4.69) is 58.1 Å². The molecule has 14 heteroatoms. The molecule has 2 fully saturated rings. The van der Waals surface area contributed by atoms with Gasteiger partial charge in [0.05, 0.1) is 39.2 Å². The molecule has 5 amide bonds. The third-order valence-electron chi connectivity index (χ3n) is 10.9. The molecule has 5 heterocycles. The van der Waals surface area contributed by atoms with Gasteiger partial charge in [-0.05, 0) is 67.4 Å². The average molecular weight is 699 g/mol. The van der Waals surface area contributed by atoms with Crippen LogP contribution < -0.4 is 26.0 Å². The summed E-state index contributed by atoms with van der Waals surface area (Å²) in [5.41, 5.74) is 2.52. The van der Waals surface area contributed by atoms with Gasteiger partial charge in [0, 0.05) is 48.4 Å². The summed E-state index contributed by atoms with van der Waals surface area (Å²) in [7, 11) is 0. The van der Waals surface area contributed by atoms with Gasteiger partial charge in [-0.3, -0.25) is 39.2 Å². The highest BCUT2D eigenvalue weighted by Crippen LogP contribution is 2.61. The minimum atomic E-state index is -1.02. The van der Waals surface area contributed by atoms with Crippen molar-refractivity contribution in [3.8, 4) is 11.8 Å². The van der Waals surface area contributed by atoms with Crippen LogP contribution in [0, 0.1) is 16.7 Å². The Labute approximate surface area is 297 Å². The number of nitrogens with one attached hydrogen (secondary N) is 4. The van der Waals surface area contributed by atoms with Crippen LogP contribution in [0.4, 0.5) is 11.5 Å². The van der Waals surface area contributed by atoms with Crippen LogP contribution in [0.25, 0.3) is 10.9 Å². The van der Waals surface area contributed by atoms with Crippen LogP contribution in [0.1, 0.15) is 75.8 Å². The van der Waals surface area contributed by atoms with Crippen LogP contribution in [0.5, 0.6) is 5.75 Å². The van der Waals surface area contributed by atoms with Crippen LogP contribution in [-0.2, 0) is 15.0 Å². The fraction of sp³-hybridized carbons (Fsp3) is 0.316. The van der Waals surface area contributed by atoms with E-state index in [0.717, 1.165) is 15.8 Å². The van der Waals surface area contributed by atoms with Crippen LogP contribution >= 0.6 is 0 Å². The first-order chi connectivity index (χ1) is 24.9. The molecule has 262 valence electrons. The van der Waals surface area contributed by atoms with Crippen molar-refractivity contribution in [2.45, 2.75) is 57.2 Å². The number of nitriles is 1. The molecule has 0 radical (unpaired) electrons. The summed E-state index contributed by atoms with van der Waals surface area (Å²) in [6.45, 7) is 7.14. The molecular formula is C38H34N8O6. The number of hydrogen-bond donors (Lipinski definition) is 4. The summed E-state index contributed by atoms with van der Waals surface area (Å²) < 4.78 is 6.51. The highest BCUT2D eigenvalue weighted by atomic mass is 16.5. The second kappa shape index (κ2) is 11.9. The molecule has 1 aliphatic carbocycles. The molecule has 0 spiro atoms. The fourth-order valence-corrected chi connectivity index (χ4v) is 8.49. The smallest absolute Gasteiger partial charge is 0.262 e. The Kier molecular flexibility index (Phi) is 7.49. The Morgan fingerprint density at radius 1 is 1.00 bits per heavy atom. The largest absolute Gasteiger partial charge is 0.488 e. The first-order valence-corrected chi connectivity index (χ1v) is 17.0. The van der Waals surface area contributed by atoms with Crippen LogP contribution in [0.2, 0.25) is 0 Å². The molecule has 2 aromatic carbocycles. The molecule has 4 aliphatic rings. The van der Waals surface area contributed by atoms with E-state index < -0.39 is 40.5 Å². The number of nitrogens with zero attached hydrogens (tertiary/aromatic N) is 4. The monoisotopic (exact) mass is 698 g/mol. The lowest BCUT2D eigenvalue weighted by atomic mass is 9.45. The minimum Gasteiger partial charge on any atom is -0.488 e. The van der Waals surface area contributed by atoms with Crippen molar-refractivity contribution in [2.75, 3.05) is 23.7 Å². The third-order valence-corrected chi connectivity index (χ3v) is 10.9. The predicted molar refractivity (Wildman–Crippen MR) is 188 cm³/mol. The number of anilines is 2. The van der Waals surface area contributed by atoms with E-state index in [1.807, 2.05) is 12.1 Å². The minimum absolute atomic E-state index is 0.0562. The van der Waals surface area contributed by atoms with Gasteiger partial charge in [0.2, 0.25) is 11.8 Å². The molecular weight excluding hydrogens is 664 g/mol. The number of pyridine rings is 2. The molecule has 1 saturated carbocycles. The predicted octanol–water partition coefficient (Wildman–Crippen LogP) is 3.28. The number of carbonyl (C=O) groups excluding carboxylic acids is 5.